The molecule has 3 rings (SSSR count). The van der Waals surface area contributed by atoms with E-state index in [-0.39, 0.29) is 12.3 Å². The van der Waals surface area contributed by atoms with Crippen LogP contribution in [-0.4, -0.2) is 27.5 Å². The average Bonchev–Trinajstić information content (AvgIpc) is 2.52. The molecule has 0 unspecified atom stereocenters. The zero-order valence-corrected chi connectivity index (χ0v) is 11.7. The summed E-state index contributed by atoms with van der Waals surface area (Å²) in [5.74, 6) is 0.497. The van der Waals surface area contributed by atoms with Crippen LogP contribution in [0.15, 0.2) is 48.5 Å². The van der Waals surface area contributed by atoms with Crippen molar-refractivity contribution in [1.29, 1.82) is 0 Å². The molecule has 0 fully saturated rings. The molecule has 0 atom stereocenters. The Kier molecular flexibility index (Phi) is 3.57. The summed E-state index contributed by atoms with van der Waals surface area (Å²) >= 11 is 0. The standard InChI is InChI=1S/C16H14N4O2/c17-14(22)9-18-15-10-5-1-3-7-12(10)19-16(20-15)11-6-2-4-8-13(11)21/h1-8,21H,9H2,(H2,17,22)(H,18,19,20). The van der Waals surface area contributed by atoms with E-state index < -0.39 is 5.91 Å². The molecule has 1 amide bonds. The Morgan fingerprint density at radius 3 is 2.59 bits per heavy atom. The van der Waals surface area contributed by atoms with Gasteiger partial charge in [-0.3, -0.25) is 4.79 Å². The molecular weight excluding hydrogens is 280 g/mol. The number of fused-ring (bicyclic) bond motifs is 1. The maximum atomic E-state index is 11.0. The Labute approximate surface area is 126 Å². The molecule has 0 aliphatic rings. The van der Waals surface area contributed by atoms with Crippen LogP contribution in [0.1, 0.15) is 0 Å². The summed E-state index contributed by atoms with van der Waals surface area (Å²) in [4.78, 5) is 19.9. The molecular formula is C16H14N4O2. The fourth-order valence-electron chi connectivity index (χ4n) is 2.17. The summed E-state index contributed by atoms with van der Waals surface area (Å²) in [6.45, 7) is -0.0266. The van der Waals surface area contributed by atoms with Crippen molar-refractivity contribution in [3.05, 3.63) is 48.5 Å². The van der Waals surface area contributed by atoms with Gasteiger partial charge in [0.25, 0.3) is 0 Å². The van der Waals surface area contributed by atoms with Gasteiger partial charge in [0.2, 0.25) is 5.91 Å². The number of hydrogen-bond donors (Lipinski definition) is 3. The fraction of sp³-hybridized carbons (Fsp3) is 0.0625. The molecule has 1 aromatic heterocycles. The highest BCUT2D eigenvalue weighted by molar-refractivity contribution is 5.92. The first-order valence-corrected chi connectivity index (χ1v) is 6.72. The first-order valence-electron chi connectivity index (χ1n) is 6.72. The molecule has 4 N–H and O–H groups in total. The minimum atomic E-state index is -0.480. The normalized spacial score (nSPS) is 10.5. The Morgan fingerprint density at radius 1 is 1.09 bits per heavy atom. The van der Waals surface area contributed by atoms with Crippen molar-refractivity contribution in [2.75, 3.05) is 11.9 Å². The second kappa shape index (κ2) is 5.69. The first kappa shape index (κ1) is 13.8. The number of phenols is 1. The van der Waals surface area contributed by atoms with Crippen molar-refractivity contribution in [3.8, 4) is 17.1 Å². The number of carbonyl (C=O) groups is 1. The number of aromatic hydroxyl groups is 1. The molecule has 0 radical (unpaired) electrons. The van der Waals surface area contributed by atoms with Crippen molar-refractivity contribution in [2.24, 2.45) is 5.73 Å². The zero-order valence-electron chi connectivity index (χ0n) is 11.7. The second-order valence-electron chi connectivity index (χ2n) is 4.75. The SMILES string of the molecule is NC(=O)CNc1nc(-c2ccccc2O)nc2ccccc12. The van der Waals surface area contributed by atoms with E-state index in [1.54, 1.807) is 24.3 Å². The lowest BCUT2D eigenvalue weighted by atomic mass is 10.1. The molecule has 1 heterocycles. The van der Waals surface area contributed by atoms with E-state index in [9.17, 15) is 9.90 Å². The van der Waals surface area contributed by atoms with Crippen LogP contribution in [0.5, 0.6) is 5.75 Å². The van der Waals surface area contributed by atoms with Crippen LogP contribution < -0.4 is 11.1 Å². The highest BCUT2D eigenvalue weighted by Crippen LogP contribution is 2.29. The van der Waals surface area contributed by atoms with Crippen LogP contribution in [0.4, 0.5) is 5.82 Å². The third kappa shape index (κ3) is 2.67. The number of aromatic nitrogens is 2. The molecule has 0 aliphatic carbocycles. The van der Waals surface area contributed by atoms with Crippen molar-refractivity contribution < 1.29 is 9.90 Å². The third-order valence-corrected chi connectivity index (χ3v) is 3.18. The van der Waals surface area contributed by atoms with E-state index in [2.05, 4.69) is 15.3 Å². The molecule has 6 nitrogen and oxygen atoms in total. The molecule has 0 saturated heterocycles. The Balaban J connectivity index is 2.16. The molecule has 0 saturated carbocycles. The van der Waals surface area contributed by atoms with E-state index in [0.717, 1.165) is 5.39 Å². The minimum Gasteiger partial charge on any atom is -0.507 e. The van der Waals surface area contributed by atoms with Gasteiger partial charge in [0.15, 0.2) is 5.82 Å². The van der Waals surface area contributed by atoms with Crippen LogP contribution in [-0.2, 0) is 4.79 Å². The molecule has 0 spiro atoms. The maximum Gasteiger partial charge on any atom is 0.236 e. The van der Waals surface area contributed by atoms with E-state index in [1.165, 1.54) is 0 Å². The maximum absolute atomic E-state index is 11.0. The number of para-hydroxylation sites is 2. The molecule has 0 bridgehead atoms. The Morgan fingerprint density at radius 2 is 1.82 bits per heavy atom. The molecule has 6 heteroatoms. The van der Waals surface area contributed by atoms with Crippen LogP contribution in [0.3, 0.4) is 0 Å². The summed E-state index contributed by atoms with van der Waals surface area (Å²) in [5, 5.41) is 13.7. The van der Waals surface area contributed by atoms with Gasteiger partial charge in [-0.15, -0.1) is 0 Å². The van der Waals surface area contributed by atoms with Gasteiger partial charge in [0, 0.05) is 5.39 Å². The fourth-order valence-corrected chi connectivity index (χ4v) is 2.17. The summed E-state index contributed by atoms with van der Waals surface area (Å²) in [7, 11) is 0. The number of phenolic OH excluding ortho intramolecular Hbond substituents is 1. The van der Waals surface area contributed by atoms with E-state index >= 15 is 0 Å². The predicted octanol–water partition coefficient (Wildman–Crippen LogP) is 1.90. The quantitative estimate of drug-likeness (QED) is 0.682. The summed E-state index contributed by atoms with van der Waals surface area (Å²) in [5.41, 5.74) is 6.41. The van der Waals surface area contributed by atoms with Crippen LogP contribution in [0.2, 0.25) is 0 Å². The molecule has 110 valence electrons. The molecule has 22 heavy (non-hydrogen) atoms. The van der Waals surface area contributed by atoms with Crippen LogP contribution in [0.25, 0.3) is 22.3 Å². The number of benzene rings is 2. The van der Waals surface area contributed by atoms with Crippen molar-refractivity contribution >= 4 is 22.6 Å². The lowest BCUT2D eigenvalue weighted by Crippen LogP contribution is -2.22. The van der Waals surface area contributed by atoms with Crippen molar-refractivity contribution in [3.63, 3.8) is 0 Å². The van der Waals surface area contributed by atoms with Gasteiger partial charge in [-0.2, -0.15) is 0 Å². The highest BCUT2D eigenvalue weighted by Gasteiger charge is 2.12. The van der Waals surface area contributed by atoms with Crippen molar-refractivity contribution in [1.82, 2.24) is 9.97 Å². The number of primary amides is 1. The van der Waals surface area contributed by atoms with E-state index in [0.29, 0.717) is 22.7 Å². The number of rotatable bonds is 4. The topological polar surface area (TPSA) is 101 Å². The number of anilines is 1. The van der Waals surface area contributed by atoms with Gasteiger partial charge in [0.05, 0.1) is 17.6 Å². The summed E-state index contributed by atoms with van der Waals surface area (Å²) in [6.07, 6.45) is 0. The molecule has 3 aromatic rings. The lowest BCUT2D eigenvalue weighted by Gasteiger charge is -2.10. The molecule has 2 aromatic carbocycles. The van der Waals surface area contributed by atoms with Gasteiger partial charge in [-0.25, -0.2) is 9.97 Å². The number of carbonyl (C=O) groups excluding carboxylic acids is 1. The number of hydrogen-bond acceptors (Lipinski definition) is 5. The minimum absolute atomic E-state index is 0.0266. The van der Waals surface area contributed by atoms with E-state index in [4.69, 9.17) is 5.73 Å². The van der Waals surface area contributed by atoms with Crippen LogP contribution in [0, 0.1) is 0 Å². The average molecular weight is 294 g/mol. The largest absolute Gasteiger partial charge is 0.507 e. The summed E-state index contributed by atoms with van der Waals surface area (Å²) < 4.78 is 0. The van der Waals surface area contributed by atoms with Gasteiger partial charge < -0.3 is 16.2 Å². The Hall–Kier alpha value is -3.15. The predicted molar refractivity (Wildman–Crippen MR) is 84.3 cm³/mol. The number of nitrogens with two attached hydrogens (primary N) is 1. The lowest BCUT2D eigenvalue weighted by molar-refractivity contribution is -0.116. The van der Waals surface area contributed by atoms with Gasteiger partial charge in [-0.1, -0.05) is 24.3 Å². The third-order valence-electron chi connectivity index (χ3n) is 3.18. The Bertz CT molecular complexity index is 848. The van der Waals surface area contributed by atoms with Crippen LogP contribution >= 0.6 is 0 Å². The first-order chi connectivity index (χ1) is 10.6. The summed E-state index contributed by atoms with van der Waals surface area (Å²) in [6, 6.07) is 14.3. The van der Waals surface area contributed by atoms with Gasteiger partial charge in [-0.05, 0) is 24.3 Å². The van der Waals surface area contributed by atoms with Gasteiger partial charge in [0.1, 0.15) is 11.6 Å². The van der Waals surface area contributed by atoms with Gasteiger partial charge >= 0.3 is 0 Å². The molecule has 0 aliphatic heterocycles. The number of amides is 1. The monoisotopic (exact) mass is 294 g/mol. The van der Waals surface area contributed by atoms with E-state index in [1.807, 2.05) is 24.3 Å². The number of nitrogens with one attached hydrogen (secondary N) is 1. The highest BCUT2D eigenvalue weighted by atomic mass is 16.3. The number of nitrogens with zero attached hydrogens (tertiary/aromatic N) is 2. The van der Waals surface area contributed by atoms with Crippen molar-refractivity contribution in [2.45, 2.75) is 0 Å². The smallest absolute Gasteiger partial charge is 0.236 e. The zero-order chi connectivity index (χ0) is 15.5. The second-order valence-corrected chi connectivity index (χ2v) is 4.75.